The van der Waals surface area contributed by atoms with E-state index in [0.717, 1.165) is 5.75 Å². The first-order chi connectivity index (χ1) is 9.24. The molecule has 2 aromatic heterocycles. The second kappa shape index (κ2) is 4.45. The number of carbonyl (C=O) groups is 1. The van der Waals surface area contributed by atoms with Gasteiger partial charge in [-0.2, -0.15) is 0 Å². The largest absolute Gasteiger partial charge is 0.477 e. The predicted molar refractivity (Wildman–Crippen MR) is 68.7 cm³/mol. The van der Waals surface area contributed by atoms with Gasteiger partial charge in [-0.3, -0.25) is 4.40 Å². The molecule has 0 saturated heterocycles. The zero-order valence-corrected chi connectivity index (χ0v) is 9.85. The van der Waals surface area contributed by atoms with E-state index in [-0.39, 0.29) is 5.69 Å². The van der Waals surface area contributed by atoms with Crippen molar-refractivity contribution in [2.75, 3.05) is 0 Å². The minimum absolute atomic E-state index is 0.126. The lowest BCUT2D eigenvalue weighted by Gasteiger charge is -2.05. The van der Waals surface area contributed by atoms with E-state index in [9.17, 15) is 4.79 Å². The fraction of sp³-hybridized carbons (Fsp3) is 0. The number of aromatic nitrogens is 2. The van der Waals surface area contributed by atoms with E-state index < -0.39 is 5.97 Å². The summed E-state index contributed by atoms with van der Waals surface area (Å²) in [4.78, 5) is 15.0. The molecule has 5 heteroatoms. The van der Waals surface area contributed by atoms with Crippen LogP contribution in [0.5, 0.6) is 11.5 Å². The molecule has 1 aromatic carbocycles. The number of carboxylic acid groups (broad SMARTS) is 1. The molecule has 0 aliphatic heterocycles. The molecule has 0 radical (unpaired) electrons. The zero-order valence-electron chi connectivity index (χ0n) is 9.85. The van der Waals surface area contributed by atoms with Crippen LogP contribution in [0, 0.1) is 0 Å². The predicted octanol–water partition coefficient (Wildman–Crippen LogP) is 2.82. The van der Waals surface area contributed by atoms with E-state index in [0.29, 0.717) is 11.4 Å². The molecule has 0 unspecified atom stereocenters. The minimum atomic E-state index is -1.01. The van der Waals surface area contributed by atoms with Crippen molar-refractivity contribution in [3.05, 3.63) is 60.6 Å². The SMILES string of the molecule is O=C(O)c1cnc2cc(Oc3ccccc3)ccn12. The highest BCUT2D eigenvalue weighted by Gasteiger charge is 2.10. The minimum Gasteiger partial charge on any atom is -0.477 e. The number of imidazole rings is 1. The van der Waals surface area contributed by atoms with Crippen molar-refractivity contribution in [3.8, 4) is 11.5 Å². The number of ether oxygens (including phenoxy) is 1. The molecule has 5 nitrogen and oxygen atoms in total. The lowest BCUT2D eigenvalue weighted by Crippen LogP contribution is -2.00. The maximum atomic E-state index is 11.0. The summed E-state index contributed by atoms with van der Waals surface area (Å²) in [6.45, 7) is 0. The van der Waals surface area contributed by atoms with E-state index in [1.54, 1.807) is 18.3 Å². The summed E-state index contributed by atoms with van der Waals surface area (Å²) >= 11 is 0. The molecule has 0 atom stereocenters. The number of aromatic carboxylic acids is 1. The van der Waals surface area contributed by atoms with Gasteiger partial charge in [0.1, 0.15) is 17.1 Å². The van der Waals surface area contributed by atoms with Crippen LogP contribution in [-0.2, 0) is 0 Å². The summed E-state index contributed by atoms with van der Waals surface area (Å²) < 4.78 is 7.16. The Balaban J connectivity index is 1.97. The number of hydrogen-bond acceptors (Lipinski definition) is 3. The summed E-state index contributed by atoms with van der Waals surface area (Å²) in [5, 5.41) is 8.98. The topological polar surface area (TPSA) is 63.8 Å². The molecule has 0 saturated carbocycles. The monoisotopic (exact) mass is 254 g/mol. The molecule has 0 aliphatic carbocycles. The van der Waals surface area contributed by atoms with Gasteiger partial charge in [0.15, 0.2) is 5.69 Å². The number of carboxylic acids is 1. The molecule has 19 heavy (non-hydrogen) atoms. The van der Waals surface area contributed by atoms with Gasteiger partial charge in [0.2, 0.25) is 0 Å². The number of rotatable bonds is 3. The van der Waals surface area contributed by atoms with Crippen LogP contribution in [0.3, 0.4) is 0 Å². The van der Waals surface area contributed by atoms with Gasteiger partial charge in [-0.15, -0.1) is 0 Å². The molecule has 1 N–H and O–H groups in total. The third-order valence-corrected chi connectivity index (χ3v) is 2.68. The van der Waals surface area contributed by atoms with Crippen molar-refractivity contribution in [1.82, 2.24) is 9.38 Å². The second-order valence-electron chi connectivity index (χ2n) is 3.95. The molecule has 0 bridgehead atoms. The zero-order chi connectivity index (χ0) is 13.2. The van der Waals surface area contributed by atoms with E-state index in [1.807, 2.05) is 30.3 Å². The molecule has 0 spiro atoms. The first-order valence-corrected chi connectivity index (χ1v) is 5.67. The number of para-hydroxylation sites is 1. The fourth-order valence-electron chi connectivity index (χ4n) is 1.81. The molecular formula is C14H10N2O3. The summed E-state index contributed by atoms with van der Waals surface area (Å²) in [6.07, 6.45) is 2.95. The number of nitrogens with zero attached hydrogens (tertiary/aromatic N) is 2. The van der Waals surface area contributed by atoms with Crippen LogP contribution in [0.15, 0.2) is 54.9 Å². The highest BCUT2D eigenvalue weighted by atomic mass is 16.5. The summed E-state index contributed by atoms with van der Waals surface area (Å²) in [5.41, 5.74) is 0.659. The number of benzene rings is 1. The Hall–Kier alpha value is -2.82. The summed E-state index contributed by atoms with van der Waals surface area (Å²) in [5.74, 6) is 0.322. The van der Waals surface area contributed by atoms with Gasteiger partial charge >= 0.3 is 5.97 Å². The van der Waals surface area contributed by atoms with Gasteiger partial charge < -0.3 is 9.84 Å². The van der Waals surface area contributed by atoms with Crippen molar-refractivity contribution >= 4 is 11.6 Å². The van der Waals surface area contributed by atoms with Crippen LogP contribution in [0.1, 0.15) is 10.5 Å². The van der Waals surface area contributed by atoms with E-state index in [1.165, 1.54) is 10.6 Å². The van der Waals surface area contributed by atoms with Gasteiger partial charge in [0, 0.05) is 12.3 Å². The molecule has 94 valence electrons. The van der Waals surface area contributed by atoms with Crippen LogP contribution < -0.4 is 4.74 Å². The van der Waals surface area contributed by atoms with Crippen LogP contribution in [0.4, 0.5) is 0 Å². The maximum absolute atomic E-state index is 11.0. The van der Waals surface area contributed by atoms with Crippen molar-refractivity contribution in [1.29, 1.82) is 0 Å². The highest BCUT2D eigenvalue weighted by Crippen LogP contribution is 2.22. The van der Waals surface area contributed by atoms with Crippen molar-refractivity contribution in [3.63, 3.8) is 0 Å². The fourth-order valence-corrected chi connectivity index (χ4v) is 1.81. The molecular weight excluding hydrogens is 244 g/mol. The normalized spacial score (nSPS) is 10.5. The molecule has 3 aromatic rings. The molecule has 0 aliphatic rings. The molecule has 3 rings (SSSR count). The van der Waals surface area contributed by atoms with Gasteiger partial charge in [0.05, 0.1) is 6.20 Å². The van der Waals surface area contributed by atoms with Crippen molar-refractivity contribution in [2.24, 2.45) is 0 Å². The average molecular weight is 254 g/mol. The standard InChI is InChI=1S/C14H10N2O3/c17-14(18)12-9-15-13-8-11(6-7-16(12)13)19-10-4-2-1-3-5-10/h1-9H,(H,17,18). The highest BCUT2D eigenvalue weighted by molar-refractivity contribution is 5.86. The first kappa shape index (κ1) is 11.3. The van der Waals surface area contributed by atoms with E-state index in [4.69, 9.17) is 9.84 Å². The lowest BCUT2D eigenvalue weighted by atomic mass is 10.3. The van der Waals surface area contributed by atoms with Crippen LogP contribution in [0.2, 0.25) is 0 Å². The van der Waals surface area contributed by atoms with Crippen LogP contribution in [-0.4, -0.2) is 20.5 Å². The van der Waals surface area contributed by atoms with E-state index in [2.05, 4.69) is 4.98 Å². The third kappa shape index (κ3) is 2.13. The van der Waals surface area contributed by atoms with E-state index >= 15 is 0 Å². The number of fused-ring (bicyclic) bond motifs is 1. The Morgan fingerprint density at radius 1 is 1.16 bits per heavy atom. The Labute approximate surface area is 108 Å². The molecule has 0 fully saturated rings. The number of pyridine rings is 1. The van der Waals surface area contributed by atoms with Gasteiger partial charge in [-0.25, -0.2) is 9.78 Å². The first-order valence-electron chi connectivity index (χ1n) is 5.67. The smallest absolute Gasteiger partial charge is 0.354 e. The molecule has 2 heterocycles. The van der Waals surface area contributed by atoms with Crippen LogP contribution >= 0.6 is 0 Å². The maximum Gasteiger partial charge on any atom is 0.354 e. The van der Waals surface area contributed by atoms with Gasteiger partial charge in [-0.05, 0) is 18.2 Å². The summed E-state index contributed by atoms with van der Waals surface area (Å²) in [7, 11) is 0. The van der Waals surface area contributed by atoms with Crippen molar-refractivity contribution < 1.29 is 14.6 Å². The Morgan fingerprint density at radius 2 is 1.95 bits per heavy atom. The van der Waals surface area contributed by atoms with Crippen molar-refractivity contribution in [2.45, 2.75) is 0 Å². The average Bonchev–Trinajstić information content (AvgIpc) is 2.83. The number of hydrogen-bond donors (Lipinski definition) is 1. The summed E-state index contributed by atoms with van der Waals surface area (Å²) in [6, 6.07) is 12.8. The lowest BCUT2D eigenvalue weighted by molar-refractivity contribution is 0.0689. The Bertz CT molecular complexity index is 735. The third-order valence-electron chi connectivity index (χ3n) is 2.68. The Kier molecular flexibility index (Phi) is 2.64. The molecule has 0 amide bonds. The second-order valence-corrected chi connectivity index (χ2v) is 3.95. The quantitative estimate of drug-likeness (QED) is 0.780. The van der Waals surface area contributed by atoms with Gasteiger partial charge in [0.25, 0.3) is 0 Å². The Morgan fingerprint density at radius 3 is 2.68 bits per heavy atom. The van der Waals surface area contributed by atoms with Crippen LogP contribution in [0.25, 0.3) is 5.65 Å². The van der Waals surface area contributed by atoms with Gasteiger partial charge in [-0.1, -0.05) is 18.2 Å².